The monoisotopic (exact) mass is 266 g/mol. The minimum absolute atomic E-state index is 0.364. The largest absolute Gasteiger partial charge is 0.388 e. The van der Waals surface area contributed by atoms with Gasteiger partial charge in [0, 0.05) is 0 Å². The Balaban J connectivity index is 2.24. The first kappa shape index (κ1) is 13.5. The van der Waals surface area contributed by atoms with Gasteiger partial charge >= 0.3 is 0 Å². The summed E-state index contributed by atoms with van der Waals surface area (Å²) in [6.45, 7) is 6.66. The number of nitrogens with two attached hydrogens (primary N) is 1. The fourth-order valence-corrected chi connectivity index (χ4v) is 2.43. The zero-order valence-corrected chi connectivity index (χ0v) is 12.2. The van der Waals surface area contributed by atoms with Gasteiger partial charge in [0.1, 0.15) is 10.7 Å². The Labute approximate surface area is 114 Å². The first-order valence-corrected chi connectivity index (χ1v) is 7.15. The van der Waals surface area contributed by atoms with Crippen LogP contribution in [0.3, 0.4) is 0 Å². The van der Waals surface area contributed by atoms with Crippen molar-refractivity contribution in [3.8, 4) is 0 Å². The molecule has 1 aliphatic carbocycles. The summed E-state index contributed by atoms with van der Waals surface area (Å²) in [5.41, 5.74) is 7.58. The van der Waals surface area contributed by atoms with Crippen LogP contribution in [0.25, 0.3) is 0 Å². The minimum atomic E-state index is 0.364. The van der Waals surface area contributed by atoms with Crippen molar-refractivity contribution in [2.45, 2.75) is 52.5 Å². The quantitative estimate of drug-likeness (QED) is 0.804. The van der Waals surface area contributed by atoms with Crippen LogP contribution >= 0.6 is 12.2 Å². The maximum atomic E-state index is 5.74. The third-order valence-corrected chi connectivity index (χ3v) is 3.87. The summed E-state index contributed by atoms with van der Waals surface area (Å²) in [4.78, 5) is 0.364. The second-order valence-corrected chi connectivity index (χ2v) is 6.14. The minimum Gasteiger partial charge on any atom is -0.388 e. The Morgan fingerprint density at radius 3 is 2.61 bits per heavy atom. The van der Waals surface area contributed by atoms with E-state index in [4.69, 9.17) is 18.0 Å². The van der Waals surface area contributed by atoms with Crippen molar-refractivity contribution in [1.29, 1.82) is 0 Å². The predicted molar refractivity (Wildman–Crippen MR) is 76.5 cm³/mol. The lowest BCUT2D eigenvalue weighted by Crippen LogP contribution is -2.17. The van der Waals surface area contributed by atoms with E-state index in [9.17, 15) is 0 Å². The van der Waals surface area contributed by atoms with Crippen LogP contribution in [0, 0.1) is 11.8 Å². The lowest BCUT2D eigenvalue weighted by Gasteiger charge is -2.15. The fourth-order valence-electron chi connectivity index (χ4n) is 2.27. The number of nitrogens with zero attached hydrogens (tertiary/aromatic N) is 3. The molecule has 100 valence electrons. The molecule has 1 fully saturated rings. The van der Waals surface area contributed by atoms with Crippen LogP contribution in [0.4, 0.5) is 0 Å². The van der Waals surface area contributed by atoms with Gasteiger partial charge in [-0.15, -0.1) is 5.10 Å². The molecule has 0 aliphatic heterocycles. The molecule has 4 nitrogen and oxygen atoms in total. The molecule has 1 aromatic rings. The zero-order valence-electron chi connectivity index (χ0n) is 11.4. The van der Waals surface area contributed by atoms with E-state index in [1.807, 2.05) is 0 Å². The van der Waals surface area contributed by atoms with Gasteiger partial charge in [0.15, 0.2) is 0 Å². The van der Waals surface area contributed by atoms with Crippen LogP contribution < -0.4 is 5.73 Å². The maximum absolute atomic E-state index is 5.74. The van der Waals surface area contributed by atoms with E-state index >= 15 is 0 Å². The number of hydrogen-bond donors (Lipinski definition) is 1. The van der Waals surface area contributed by atoms with Crippen molar-refractivity contribution in [2.24, 2.45) is 17.6 Å². The fraction of sp³-hybridized carbons (Fsp3) is 0.769. The molecule has 5 heteroatoms. The van der Waals surface area contributed by atoms with E-state index in [0.717, 1.165) is 30.1 Å². The lowest BCUT2D eigenvalue weighted by atomic mass is 10.0. The molecule has 0 amide bonds. The smallest absolute Gasteiger partial charge is 0.143 e. The molecule has 2 N–H and O–H groups in total. The molecule has 1 atom stereocenters. The third-order valence-electron chi connectivity index (χ3n) is 3.67. The Morgan fingerprint density at radius 2 is 2.11 bits per heavy atom. The Kier molecular flexibility index (Phi) is 4.00. The molecular formula is C13H22N4S. The van der Waals surface area contributed by atoms with Crippen LogP contribution in [0.15, 0.2) is 0 Å². The number of thiocarbonyl (C=S) groups is 1. The highest BCUT2D eigenvalue weighted by Crippen LogP contribution is 2.39. The molecule has 18 heavy (non-hydrogen) atoms. The number of rotatable bonds is 6. The highest BCUT2D eigenvalue weighted by molar-refractivity contribution is 7.80. The van der Waals surface area contributed by atoms with Gasteiger partial charge in [-0.1, -0.05) is 31.3 Å². The Hall–Kier alpha value is -0.970. The van der Waals surface area contributed by atoms with Gasteiger partial charge in [-0.05, 0) is 44.4 Å². The molecule has 0 spiro atoms. The van der Waals surface area contributed by atoms with Crippen LogP contribution in [0.2, 0.25) is 0 Å². The van der Waals surface area contributed by atoms with Gasteiger partial charge in [0.2, 0.25) is 0 Å². The van der Waals surface area contributed by atoms with E-state index < -0.39 is 0 Å². The Bertz CT molecular complexity index is 434. The molecule has 0 bridgehead atoms. The number of aromatic nitrogens is 3. The van der Waals surface area contributed by atoms with Crippen molar-refractivity contribution in [3.05, 3.63) is 11.4 Å². The third kappa shape index (κ3) is 2.88. The van der Waals surface area contributed by atoms with Gasteiger partial charge in [0.05, 0.1) is 11.7 Å². The molecule has 0 aromatic carbocycles. The highest BCUT2D eigenvalue weighted by Gasteiger charge is 2.32. The molecule has 0 radical (unpaired) electrons. The summed E-state index contributed by atoms with van der Waals surface area (Å²) in [7, 11) is 0. The van der Waals surface area contributed by atoms with E-state index in [2.05, 4.69) is 35.8 Å². The summed E-state index contributed by atoms with van der Waals surface area (Å²) in [6, 6.07) is 0.419. The van der Waals surface area contributed by atoms with Crippen molar-refractivity contribution >= 4 is 17.2 Å². The van der Waals surface area contributed by atoms with Crippen molar-refractivity contribution < 1.29 is 0 Å². The molecule has 1 heterocycles. The van der Waals surface area contributed by atoms with Crippen LogP contribution in [-0.2, 0) is 6.42 Å². The maximum Gasteiger partial charge on any atom is 0.143 e. The normalized spacial score (nSPS) is 17.1. The average Bonchev–Trinajstić information content (AvgIpc) is 3.04. The first-order chi connectivity index (χ1) is 8.50. The first-order valence-electron chi connectivity index (χ1n) is 6.74. The molecule has 1 unspecified atom stereocenters. The van der Waals surface area contributed by atoms with Crippen LogP contribution in [-0.4, -0.2) is 20.0 Å². The van der Waals surface area contributed by atoms with Crippen molar-refractivity contribution in [2.75, 3.05) is 0 Å². The second-order valence-electron chi connectivity index (χ2n) is 5.70. The molecule has 2 rings (SSSR count). The zero-order chi connectivity index (χ0) is 13.3. The van der Waals surface area contributed by atoms with E-state index in [1.165, 1.54) is 12.8 Å². The summed E-state index contributed by atoms with van der Waals surface area (Å²) in [5.74, 6) is 1.41. The molecule has 1 aromatic heterocycles. The second kappa shape index (κ2) is 5.34. The lowest BCUT2D eigenvalue weighted by molar-refractivity contribution is 0.409. The van der Waals surface area contributed by atoms with Gasteiger partial charge < -0.3 is 5.73 Å². The van der Waals surface area contributed by atoms with E-state index in [0.29, 0.717) is 16.9 Å². The summed E-state index contributed by atoms with van der Waals surface area (Å²) >= 11 is 5.07. The standard InChI is InChI=1S/C13H22N4S/c1-8(2)4-7-11-12(13(14)18)15-16-17(11)9(3)10-5-6-10/h8-10H,4-7H2,1-3H3,(H2,14,18). The Morgan fingerprint density at radius 1 is 1.44 bits per heavy atom. The van der Waals surface area contributed by atoms with Crippen LogP contribution in [0.5, 0.6) is 0 Å². The van der Waals surface area contributed by atoms with Gasteiger partial charge in [-0.2, -0.15) is 0 Å². The van der Waals surface area contributed by atoms with E-state index in [1.54, 1.807) is 0 Å². The SMILES string of the molecule is CC(C)CCc1c(C(N)=S)nnn1C(C)C1CC1. The molecule has 1 saturated carbocycles. The van der Waals surface area contributed by atoms with Crippen molar-refractivity contribution in [3.63, 3.8) is 0 Å². The number of hydrogen-bond acceptors (Lipinski definition) is 3. The van der Waals surface area contributed by atoms with Gasteiger partial charge in [0.25, 0.3) is 0 Å². The molecular weight excluding hydrogens is 244 g/mol. The van der Waals surface area contributed by atoms with Gasteiger partial charge in [-0.3, -0.25) is 0 Å². The summed E-state index contributed by atoms with van der Waals surface area (Å²) < 4.78 is 2.05. The van der Waals surface area contributed by atoms with Crippen LogP contribution in [0.1, 0.15) is 57.5 Å². The summed E-state index contributed by atoms with van der Waals surface area (Å²) in [6.07, 6.45) is 4.66. The summed E-state index contributed by atoms with van der Waals surface area (Å²) in [5, 5.41) is 8.45. The highest BCUT2D eigenvalue weighted by atomic mass is 32.1. The van der Waals surface area contributed by atoms with Crippen molar-refractivity contribution in [1.82, 2.24) is 15.0 Å². The topological polar surface area (TPSA) is 56.7 Å². The average molecular weight is 266 g/mol. The predicted octanol–water partition coefficient (Wildman–Crippen LogP) is 2.47. The van der Waals surface area contributed by atoms with Gasteiger partial charge in [-0.25, -0.2) is 4.68 Å². The molecule has 0 saturated heterocycles. The van der Waals surface area contributed by atoms with E-state index in [-0.39, 0.29) is 0 Å². The molecule has 1 aliphatic rings.